The molecule has 1 aromatic carbocycles. The maximum atomic E-state index is 12.4. The Hall–Kier alpha value is -3.27. The van der Waals surface area contributed by atoms with E-state index in [9.17, 15) is 5.11 Å². The summed E-state index contributed by atoms with van der Waals surface area (Å²) in [4.78, 5) is 9.24. The third-order valence-electron chi connectivity index (χ3n) is 6.96. The minimum Gasteiger partial charge on any atom is -0.486 e. The smallest absolute Gasteiger partial charge is 0.258 e. The van der Waals surface area contributed by atoms with Gasteiger partial charge in [-0.3, -0.25) is 4.98 Å². The van der Waals surface area contributed by atoms with Crippen molar-refractivity contribution < 1.29 is 19.3 Å². The van der Waals surface area contributed by atoms with Crippen molar-refractivity contribution >= 4 is 22.5 Å². The van der Waals surface area contributed by atoms with Crippen LogP contribution in [0.1, 0.15) is 41.1 Å². The molecule has 5 rings (SSSR count). The molecule has 4 aromatic rings. The quantitative estimate of drug-likeness (QED) is 0.385. The number of hydrogen-bond donors (Lipinski definition) is 1. The van der Waals surface area contributed by atoms with Crippen LogP contribution >= 0.6 is 11.6 Å². The van der Waals surface area contributed by atoms with Gasteiger partial charge in [-0.15, -0.1) is 5.10 Å². The standard InChI is InChI=1S/C27H30ClN5O4/c1-16-5-7-21(17(2)30-16)27(34,23-14-29-32-33(23)3)19-6-8-22-20(13-19)24(28)25(26(31-22)35-4)37-15-18-9-11-36-12-10-18/h5-8,13-14,18,34H,9-12,15H2,1-4H3. The van der Waals surface area contributed by atoms with Crippen LogP contribution in [-0.2, 0) is 17.4 Å². The van der Waals surface area contributed by atoms with E-state index in [1.165, 1.54) is 0 Å². The lowest BCUT2D eigenvalue weighted by molar-refractivity contribution is 0.0493. The zero-order valence-corrected chi connectivity index (χ0v) is 22.1. The lowest BCUT2D eigenvalue weighted by Crippen LogP contribution is -2.32. The van der Waals surface area contributed by atoms with Crippen LogP contribution < -0.4 is 9.47 Å². The molecule has 1 unspecified atom stereocenters. The van der Waals surface area contributed by atoms with Crippen LogP contribution in [0.2, 0.25) is 5.02 Å². The third kappa shape index (κ3) is 4.63. The Balaban J connectivity index is 1.64. The van der Waals surface area contributed by atoms with E-state index in [1.807, 2.05) is 44.2 Å². The molecule has 4 heterocycles. The van der Waals surface area contributed by atoms with Crippen molar-refractivity contribution in [3.05, 3.63) is 69.8 Å². The molecule has 0 aliphatic carbocycles. The lowest BCUT2D eigenvalue weighted by Gasteiger charge is -2.30. The highest BCUT2D eigenvalue weighted by atomic mass is 35.5. The maximum Gasteiger partial charge on any atom is 0.258 e. The van der Waals surface area contributed by atoms with Crippen LogP contribution in [0.5, 0.6) is 11.6 Å². The van der Waals surface area contributed by atoms with E-state index in [-0.39, 0.29) is 0 Å². The molecule has 0 spiro atoms. The Morgan fingerprint density at radius 2 is 1.95 bits per heavy atom. The minimum absolute atomic E-state index is 0.321. The fourth-order valence-electron chi connectivity index (χ4n) is 4.92. The number of ether oxygens (including phenoxy) is 3. The summed E-state index contributed by atoms with van der Waals surface area (Å²) in [6.07, 6.45) is 3.42. The van der Waals surface area contributed by atoms with Crippen molar-refractivity contribution in [2.75, 3.05) is 26.9 Å². The topological polar surface area (TPSA) is 104 Å². The first-order valence-corrected chi connectivity index (χ1v) is 12.6. The van der Waals surface area contributed by atoms with Gasteiger partial charge in [-0.2, -0.15) is 0 Å². The van der Waals surface area contributed by atoms with Gasteiger partial charge in [-0.05, 0) is 56.4 Å². The minimum atomic E-state index is -1.59. The summed E-state index contributed by atoms with van der Waals surface area (Å²) in [7, 11) is 3.29. The van der Waals surface area contributed by atoms with Crippen molar-refractivity contribution in [2.45, 2.75) is 32.3 Å². The molecule has 1 atom stereocenters. The van der Waals surface area contributed by atoms with E-state index in [4.69, 9.17) is 25.8 Å². The second-order valence-corrected chi connectivity index (χ2v) is 9.78. The summed E-state index contributed by atoms with van der Waals surface area (Å²) in [5.74, 6) is 1.08. The second kappa shape index (κ2) is 10.2. The number of nitrogens with zero attached hydrogens (tertiary/aromatic N) is 5. The Morgan fingerprint density at radius 1 is 1.16 bits per heavy atom. The fourth-order valence-corrected chi connectivity index (χ4v) is 5.20. The average Bonchev–Trinajstić information content (AvgIpc) is 3.34. The summed E-state index contributed by atoms with van der Waals surface area (Å²) in [5.41, 5.74) is 2.27. The summed E-state index contributed by atoms with van der Waals surface area (Å²) in [5, 5.41) is 21.5. The number of rotatable bonds is 7. The zero-order chi connectivity index (χ0) is 26.2. The van der Waals surface area contributed by atoms with Gasteiger partial charge in [0, 0.05) is 42.6 Å². The normalized spacial score (nSPS) is 16.1. The van der Waals surface area contributed by atoms with Crippen molar-refractivity contribution in [1.29, 1.82) is 0 Å². The molecule has 0 saturated carbocycles. The van der Waals surface area contributed by atoms with Gasteiger partial charge in [0.25, 0.3) is 5.88 Å². The Morgan fingerprint density at radius 3 is 2.62 bits per heavy atom. The number of benzene rings is 1. The second-order valence-electron chi connectivity index (χ2n) is 9.40. The van der Waals surface area contributed by atoms with Crippen LogP contribution in [0.3, 0.4) is 0 Å². The van der Waals surface area contributed by atoms with E-state index in [0.29, 0.717) is 62.6 Å². The molecule has 1 fully saturated rings. The van der Waals surface area contributed by atoms with Crippen LogP contribution in [0.4, 0.5) is 0 Å². The number of hydrogen-bond acceptors (Lipinski definition) is 8. The highest BCUT2D eigenvalue weighted by Crippen LogP contribution is 2.43. The van der Waals surface area contributed by atoms with Gasteiger partial charge in [-0.25, -0.2) is 9.67 Å². The van der Waals surface area contributed by atoms with E-state index in [1.54, 1.807) is 25.0 Å². The Labute approximate surface area is 220 Å². The van der Waals surface area contributed by atoms with Crippen LogP contribution in [0.25, 0.3) is 10.9 Å². The summed E-state index contributed by atoms with van der Waals surface area (Å²) in [6.45, 7) is 5.74. The van der Waals surface area contributed by atoms with E-state index >= 15 is 0 Å². The van der Waals surface area contributed by atoms with Gasteiger partial charge in [0.15, 0.2) is 5.60 Å². The van der Waals surface area contributed by atoms with Gasteiger partial charge < -0.3 is 19.3 Å². The van der Waals surface area contributed by atoms with Crippen molar-refractivity contribution in [2.24, 2.45) is 13.0 Å². The Bertz CT molecular complexity index is 1440. The van der Waals surface area contributed by atoms with Gasteiger partial charge in [0.05, 0.1) is 36.1 Å². The number of aromatic nitrogens is 5. The molecule has 1 aliphatic rings. The monoisotopic (exact) mass is 523 g/mol. The molecule has 0 bridgehead atoms. The summed E-state index contributed by atoms with van der Waals surface area (Å²) in [6, 6.07) is 9.22. The molecule has 37 heavy (non-hydrogen) atoms. The summed E-state index contributed by atoms with van der Waals surface area (Å²) >= 11 is 6.93. The highest BCUT2D eigenvalue weighted by molar-refractivity contribution is 6.37. The SMILES string of the molecule is COc1nc2ccc(C(O)(c3ccc(C)nc3C)c3cnnn3C)cc2c(Cl)c1OCC1CCOCC1. The van der Waals surface area contributed by atoms with Crippen LogP contribution in [0.15, 0.2) is 36.5 Å². The average molecular weight is 524 g/mol. The van der Waals surface area contributed by atoms with E-state index in [2.05, 4.69) is 20.3 Å². The maximum absolute atomic E-state index is 12.4. The molecule has 1 aliphatic heterocycles. The first-order valence-electron chi connectivity index (χ1n) is 12.2. The number of fused-ring (bicyclic) bond motifs is 1. The van der Waals surface area contributed by atoms with Gasteiger partial charge in [-0.1, -0.05) is 28.9 Å². The lowest BCUT2D eigenvalue weighted by atomic mass is 9.82. The Kier molecular flexibility index (Phi) is 7.02. The number of aliphatic hydroxyl groups is 1. The first-order chi connectivity index (χ1) is 17.8. The van der Waals surface area contributed by atoms with E-state index < -0.39 is 5.60 Å². The first kappa shape index (κ1) is 25.4. The molecular weight excluding hydrogens is 494 g/mol. The third-order valence-corrected chi connectivity index (χ3v) is 7.34. The molecule has 3 aromatic heterocycles. The summed E-state index contributed by atoms with van der Waals surface area (Å²) < 4.78 is 18.7. The van der Waals surface area contributed by atoms with Gasteiger partial charge in [0.2, 0.25) is 5.75 Å². The zero-order valence-electron chi connectivity index (χ0n) is 21.4. The predicted molar refractivity (Wildman–Crippen MR) is 139 cm³/mol. The van der Waals surface area contributed by atoms with E-state index in [0.717, 1.165) is 31.7 Å². The van der Waals surface area contributed by atoms with Gasteiger partial charge >= 0.3 is 0 Å². The number of aryl methyl sites for hydroxylation is 3. The molecule has 1 saturated heterocycles. The highest BCUT2D eigenvalue weighted by Gasteiger charge is 2.39. The van der Waals surface area contributed by atoms with Crippen molar-refractivity contribution in [1.82, 2.24) is 25.0 Å². The van der Waals surface area contributed by atoms with Crippen molar-refractivity contribution in [3.8, 4) is 11.6 Å². The van der Waals surface area contributed by atoms with Crippen LogP contribution in [-0.4, -0.2) is 57.0 Å². The number of pyridine rings is 2. The molecule has 9 nitrogen and oxygen atoms in total. The number of halogens is 1. The molecule has 0 amide bonds. The van der Waals surface area contributed by atoms with Crippen LogP contribution in [0, 0.1) is 19.8 Å². The predicted octanol–water partition coefficient (Wildman–Crippen LogP) is 4.13. The fraction of sp³-hybridized carbons (Fsp3) is 0.407. The molecule has 0 radical (unpaired) electrons. The molecule has 1 N–H and O–H groups in total. The van der Waals surface area contributed by atoms with Crippen molar-refractivity contribution in [3.63, 3.8) is 0 Å². The van der Waals surface area contributed by atoms with Gasteiger partial charge in [0.1, 0.15) is 0 Å². The molecular formula is C27H30ClN5O4. The largest absolute Gasteiger partial charge is 0.486 e. The number of methoxy groups -OCH3 is 1. The molecule has 194 valence electrons. The molecule has 10 heteroatoms.